The van der Waals surface area contributed by atoms with Gasteiger partial charge in [0.15, 0.2) is 5.78 Å². The van der Waals surface area contributed by atoms with Gasteiger partial charge in [0.1, 0.15) is 0 Å². The smallest absolute Gasteiger partial charge is 0.156 e. The van der Waals surface area contributed by atoms with E-state index < -0.39 is 0 Å². The summed E-state index contributed by atoms with van der Waals surface area (Å²) in [6.07, 6.45) is 5.55. The lowest BCUT2D eigenvalue weighted by Crippen LogP contribution is -2.39. The van der Waals surface area contributed by atoms with E-state index in [-0.39, 0.29) is 11.9 Å². The van der Waals surface area contributed by atoms with Gasteiger partial charge >= 0.3 is 0 Å². The van der Waals surface area contributed by atoms with Gasteiger partial charge in [-0.25, -0.2) is 0 Å². The van der Waals surface area contributed by atoms with Gasteiger partial charge in [-0.2, -0.15) is 0 Å². The number of allylic oxidation sites excluding steroid dienone is 2. The fourth-order valence-electron chi connectivity index (χ4n) is 4.49. The van der Waals surface area contributed by atoms with Crippen molar-refractivity contribution in [3.8, 4) is 0 Å². The number of rotatable bonds is 0. The van der Waals surface area contributed by atoms with Crippen molar-refractivity contribution in [1.82, 2.24) is 0 Å². The van der Waals surface area contributed by atoms with Gasteiger partial charge in [-0.1, -0.05) is 30.7 Å². The molecule has 0 aromatic heterocycles. The third kappa shape index (κ3) is 1.56. The van der Waals surface area contributed by atoms with Crippen molar-refractivity contribution < 1.29 is 9.90 Å². The summed E-state index contributed by atoms with van der Waals surface area (Å²) in [7, 11) is 0. The van der Waals surface area contributed by atoms with E-state index in [9.17, 15) is 9.90 Å². The second kappa shape index (κ2) is 4.04. The van der Waals surface area contributed by atoms with Crippen molar-refractivity contribution in [2.24, 2.45) is 17.8 Å². The number of aliphatic hydroxyl groups is 1. The van der Waals surface area contributed by atoms with Crippen LogP contribution in [0.15, 0.2) is 30.3 Å². The lowest BCUT2D eigenvalue weighted by molar-refractivity contribution is -0.117. The first-order chi connectivity index (χ1) is 9.25. The molecule has 0 heterocycles. The second-order valence-corrected chi connectivity index (χ2v) is 6.18. The van der Waals surface area contributed by atoms with Crippen LogP contribution in [0.3, 0.4) is 0 Å². The zero-order valence-electron chi connectivity index (χ0n) is 10.9. The van der Waals surface area contributed by atoms with Gasteiger partial charge in [0.2, 0.25) is 0 Å². The van der Waals surface area contributed by atoms with Crippen LogP contribution in [0.25, 0.3) is 5.57 Å². The summed E-state index contributed by atoms with van der Waals surface area (Å²) in [6.45, 7) is 0. The number of carbonyl (C=O) groups is 1. The van der Waals surface area contributed by atoms with Gasteiger partial charge in [0.05, 0.1) is 6.10 Å². The van der Waals surface area contributed by atoms with E-state index in [1.54, 1.807) is 0 Å². The van der Waals surface area contributed by atoms with E-state index in [1.165, 1.54) is 5.57 Å². The Morgan fingerprint density at radius 3 is 2.89 bits per heavy atom. The molecule has 19 heavy (non-hydrogen) atoms. The normalized spacial score (nSPS) is 36.3. The van der Waals surface area contributed by atoms with Gasteiger partial charge in [-0.05, 0) is 53.4 Å². The number of fused-ring (bicyclic) bond motifs is 2. The molecule has 0 radical (unpaired) electrons. The monoisotopic (exact) mass is 254 g/mol. The SMILES string of the molecule is O=C1C=C2c3ccccc3[C@H](O)[C@@H]3CCC[C@H](C1)[C@H]23. The fourth-order valence-corrected chi connectivity index (χ4v) is 4.49. The van der Waals surface area contributed by atoms with Crippen molar-refractivity contribution in [3.05, 3.63) is 41.5 Å². The molecule has 0 saturated heterocycles. The summed E-state index contributed by atoms with van der Waals surface area (Å²) in [6, 6.07) is 8.06. The Morgan fingerprint density at radius 2 is 2.00 bits per heavy atom. The Bertz CT molecular complexity index is 572. The number of ketones is 1. The van der Waals surface area contributed by atoms with Gasteiger partial charge in [-0.15, -0.1) is 0 Å². The molecule has 1 aromatic carbocycles. The Balaban J connectivity index is 1.94. The van der Waals surface area contributed by atoms with Crippen LogP contribution >= 0.6 is 0 Å². The van der Waals surface area contributed by atoms with Crippen LogP contribution in [-0.2, 0) is 4.79 Å². The number of aliphatic hydroxyl groups excluding tert-OH is 1. The molecule has 0 spiro atoms. The molecule has 1 fully saturated rings. The number of carbonyl (C=O) groups excluding carboxylic acids is 1. The topological polar surface area (TPSA) is 37.3 Å². The largest absolute Gasteiger partial charge is 0.388 e. The van der Waals surface area contributed by atoms with Crippen molar-refractivity contribution in [3.63, 3.8) is 0 Å². The van der Waals surface area contributed by atoms with Crippen LogP contribution in [0.5, 0.6) is 0 Å². The molecular weight excluding hydrogens is 236 g/mol. The molecule has 1 saturated carbocycles. The number of benzene rings is 1. The molecule has 2 heteroatoms. The van der Waals surface area contributed by atoms with Crippen molar-refractivity contribution in [2.45, 2.75) is 31.8 Å². The molecule has 3 aliphatic rings. The van der Waals surface area contributed by atoms with E-state index in [0.717, 1.165) is 30.4 Å². The van der Waals surface area contributed by atoms with E-state index in [4.69, 9.17) is 0 Å². The molecule has 4 atom stereocenters. The van der Waals surface area contributed by atoms with E-state index >= 15 is 0 Å². The van der Waals surface area contributed by atoms with Gasteiger partial charge in [0, 0.05) is 6.42 Å². The summed E-state index contributed by atoms with van der Waals surface area (Å²) < 4.78 is 0. The highest BCUT2D eigenvalue weighted by Crippen LogP contribution is 2.55. The summed E-state index contributed by atoms with van der Waals surface area (Å²) in [4.78, 5) is 12.0. The van der Waals surface area contributed by atoms with Crippen LogP contribution in [0.2, 0.25) is 0 Å². The van der Waals surface area contributed by atoms with Crippen LogP contribution in [0.1, 0.15) is 42.9 Å². The average molecular weight is 254 g/mol. The lowest BCUT2D eigenvalue weighted by atomic mass is 9.58. The van der Waals surface area contributed by atoms with Crippen molar-refractivity contribution >= 4 is 11.4 Å². The van der Waals surface area contributed by atoms with E-state index in [1.807, 2.05) is 24.3 Å². The third-order valence-corrected chi connectivity index (χ3v) is 5.22. The highest BCUT2D eigenvalue weighted by molar-refractivity contribution is 6.00. The molecule has 4 rings (SSSR count). The molecule has 0 amide bonds. The third-order valence-electron chi connectivity index (χ3n) is 5.22. The predicted molar refractivity (Wildman–Crippen MR) is 73.3 cm³/mol. The molecule has 1 aromatic rings. The molecule has 0 aliphatic heterocycles. The second-order valence-electron chi connectivity index (χ2n) is 6.18. The first kappa shape index (κ1) is 11.4. The minimum Gasteiger partial charge on any atom is -0.388 e. The Labute approximate surface area is 113 Å². The average Bonchev–Trinajstić information content (AvgIpc) is 2.44. The summed E-state index contributed by atoms with van der Waals surface area (Å²) in [5, 5.41) is 10.7. The Hall–Kier alpha value is -1.41. The van der Waals surface area contributed by atoms with Crippen LogP contribution in [0, 0.1) is 17.8 Å². The van der Waals surface area contributed by atoms with Gasteiger partial charge < -0.3 is 5.11 Å². The maximum atomic E-state index is 12.0. The first-order valence-corrected chi connectivity index (χ1v) is 7.27. The number of hydrogen-bond acceptors (Lipinski definition) is 2. The highest BCUT2D eigenvalue weighted by atomic mass is 16.3. The minimum atomic E-state index is -0.352. The van der Waals surface area contributed by atoms with Gasteiger partial charge in [-0.3, -0.25) is 4.79 Å². The van der Waals surface area contributed by atoms with E-state index in [0.29, 0.717) is 24.2 Å². The molecule has 3 aliphatic carbocycles. The zero-order chi connectivity index (χ0) is 13.0. The molecular formula is C17H18O2. The quantitative estimate of drug-likeness (QED) is 0.772. The predicted octanol–water partition coefficient (Wildman–Crippen LogP) is 3.12. The highest BCUT2D eigenvalue weighted by Gasteiger charge is 2.46. The first-order valence-electron chi connectivity index (χ1n) is 7.27. The number of hydrogen-bond donors (Lipinski definition) is 1. The molecule has 0 unspecified atom stereocenters. The van der Waals surface area contributed by atoms with Crippen molar-refractivity contribution in [1.29, 1.82) is 0 Å². The maximum absolute atomic E-state index is 12.0. The van der Waals surface area contributed by atoms with Crippen LogP contribution < -0.4 is 0 Å². The summed E-state index contributed by atoms with van der Waals surface area (Å²) in [5.41, 5.74) is 3.33. The van der Waals surface area contributed by atoms with Crippen molar-refractivity contribution in [2.75, 3.05) is 0 Å². The minimum absolute atomic E-state index is 0.267. The van der Waals surface area contributed by atoms with E-state index in [2.05, 4.69) is 6.07 Å². The molecule has 2 nitrogen and oxygen atoms in total. The Kier molecular flexibility index (Phi) is 2.43. The fraction of sp³-hybridized carbons (Fsp3) is 0.471. The lowest BCUT2D eigenvalue weighted by Gasteiger charge is -2.47. The summed E-state index contributed by atoms with van der Waals surface area (Å²) >= 11 is 0. The van der Waals surface area contributed by atoms with Gasteiger partial charge in [0.25, 0.3) is 0 Å². The standard InChI is InChI=1S/C17H18O2/c18-11-8-10-4-3-7-14-16(10)15(9-11)12-5-1-2-6-13(12)17(14)19/h1-2,5-6,9-10,14,16-17,19H,3-4,7-8H2/t10-,14-,16+,17+/m1/s1. The maximum Gasteiger partial charge on any atom is 0.156 e. The van der Waals surface area contributed by atoms with Crippen LogP contribution in [-0.4, -0.2) is 10.9 Å². The molecule has 1 N–H and O–H groups in total. The zero-order valence-corrected chi connectivity index (χ0v) is 10.9. The molecule has 0 bridgehead atoms. The van der Waals surface area contributed by atoms with Crippen LogP contribution in [0.4, 0.5) is 0 Å². The molecule has 98 valence electrons. The Morgan fingerprint density at radius 1 is 1.16 bits per heavy atom. The summed E-state index contributed by atoms with van der Waals surface area (Å²) in [5.74, 6) is 1.43.